The normalized spacial score (nSPS) is 38.5. The second-order valence-corrected chi connectivity index (χ2v) is 14.7. The van der Waals surface area contributed by atoms with Gasteiger partial charge in [-0.2, -0.15) is 0 Å². The summed E-state index contributed by atoms with van der Waals surface area (Å²) in [6, 6.07) is 0. The Morgan fingerprint density at radius 3 is 2.51 bits per heavy atom. The highest BCUT2D eigenvalue weighted by atomic mass is 16.5. The van der Waals surface area contributed by atoms with Crippen molar-refractivity contribution in [2.75, 3.05) is 0 Å². The lowest BCUT2D eigenvalue weighted by Gasteiger charge is -2.60. The number of rotatable bonds is 7. The van der Waals surface area contributed by atoms with Crippen molar-refractivity contribution in [1.29, 1.82) is 0 Å². The van der Waals surface area contributed by atoms with E-state index in [2.05, 4.69) is 60.5 Å². The average Bonchev–Trinajstić information content (AvgIpc) is 3.25. The van der Waals surface area contributed by atoms with Crippen LogP contribution in [-0.4, -0.2) is 23.0 Å². The zero-order valence-corrected chi connectivity index (χ0v) is 24.7. The molecule has 5 heteroatoms. The number of aromatic nitrogens is 1. The van der Waals surface area contributed by atoms with Gasteiger partial charge in [0.25, 0.3) is 6.47 Å². The molecule has 0 aromatic carbocycles. The molecule has 0 N–H and O–H groups in total. The first-order chi connectivity index (χ1) is 17.1. The third-order valence-electron chi connectivity index (χ3n) is 11.5. The van der Waals surface area contributed by atoms with E-state index in [1.54, 1.807) is 6.92 Å². The molecule has 2 fully saturated rings. The third-order valence-corrected chi connectivity index (χ3v) is 11.5. The maximum Gasteiger partial charge on any atom is 0.293 e. The lowest BCUT2D eigenvalue weighted by atomic mass is 9.43. The van der Waals surface area contributed by atoms with E-state index in [4.69, 9.17) is 9.26 Å². The van der Waals surface area contributed by atoms with Crippen LogP contribution in [0, 0.1) is 33.5 Å². The molecule has 3 aliphatic rings. The van der Waals surface area contributed by atoms with Crippen molar-refractivity contribution in [2.45, 2.75) is 125 Å². The minimum absolute atomic E-state index is 0.0909. The first-order valence-electron chi connectivity index (χ1n) is 14.4. The molecule has 1 unspecified atom stereocenters. The molecule has 1 heterocycles. The van der Waals surface area contributed by atoms with Crippen LogP contribution in [0.25, 0.3) is 0 Å². The molecule has 206 valence electrons. The first kappa shape index (κ1) is 28.1. The van der Waals surface area contributed by atoms with E-state index in [0.29, 0.717) is 18.3 Å². The number of hydrogen-bond donors (Lipinski definition) is 0. The smallest absolute Gasteiger partial charge is 0.293 e. The van der Waals surface area contributed by atoms with Gasteiger partial charge in [-0.25, -0.2) is 0 Å². The number of ketones is 1. The zero-order valence-electron chi connectivity index (χ0n) is 24.7. The summed E-state index contributed by atoms with van der Waals surface area (Å²) in [7, 11) is 0. The summed E-state index contributed by atoms with van der Waals surface area (Å²) in [6.07, 6.45) is 11.6. The molecule has 0 aliphatic heterocycles. The predicted molar refractivity (Wildman–Crippen MR) is 146 cm³/mol. The van der Waals surface area contributed by atoms with Gasteiger partial charge >= 0.3 is 0 Å². The maximum absolute atomic E-state index is 12.7. The van der Waals surface area contributed by atoms with Crippen molar-refractivity contribution in [1.82, 2.24) is 5.16 Å². The summed E-state index contributed by atoms with van der Waals surface area (Å²) >= 11 is 0. The zero-order chi connectivity index (χ0) is 27.4. The number of fused-ring (bicyclic) bond motifs is 2. The summed E-state index contributed by atoms with van der Waals surface area (Å²) in [6.45, 7) is 21.0. The van der Waals surface area contributed by atoms with E-state index in [1.807, 2.05) is 12.3 Å². The van der Waals surface area contributed by atoms with E-state index < -0.39 is 5.60 Å². The van der Waals surface area contributed by atoms with E-state index in [-0.39, 0.29) is 33.4 Å². The van der Waals surface area contributed by atoms with Crippen molar-refractivity contribution >= 4 is 12.3 Å². The van der Waals surface area contributed by atoms with Gasteiger partial charge in [-0.3, -0.25) is 9.59 Å². The Kier molecular flexibility index (Phi) is 7.12. The van der Waals surface area contributed by atoms with Crippen molar-refractivity contribution < 1.29 is 18.8 Å². The fourth-order valence-electron chi connectivity index (χ4n) is 8.76. The Bertz CT molecular complexity index is 1070. The molecule has 0 amide bonds. The SMILES string of the molecule is CC(=O)/C=C1/[C@@]2(C)Cc3cnoc3[C@@H](C)[C@@H]2CC[C@@]1(C)C(C)(C)CC[C@@]1(OC=O)CCC(C)(C)CC1C. The highest BCUT2D eigenvalue weighted by Crippen LogP contribution is 2.66. The van der Waals surface area contributed by atoms with Crippen LogP contribution in [-0.2, 0) is 20.7 Å². The summed E-state index contributed by atoms with van der Waals surface area (Å²) < 4.78 is 11.6. The molecule has 1 aromatic heterocycles. The molecule has 5 nitrogen and oxygen atoms in total. The fourth-order valence-corrected chi connectivity index (χ4v) is 8.76. The second-order valence-electron chi connectivity index (χ2n) is 14.7. The van der Waals surface area contributed by atoms with Gasteiger partial charge in [0.05, 0.1) is 6.20 Å². The summed E-state index contributed by atoms with van der Waals surface area (Å²) in [5, 5.41) is 4.13. The molecule has 1 aromatic rings. The number of hydrogen-bond acceptors (Lipinski definition) is 5. The summed E-state index contributed by atoms with van der Waals surface area (Å²) in [5.41, 5.74) is 1.96. The van der Waals surface area contributed by atoms with Crippen molar-refractivity contribution in [2.24, 2.45) is 33.5 Å². The Labute approximate surface area is 224 Å². The standard InChI is InChI=1S/C32H49NO4/c1-21-17-28(4,5)12-14-32(21,36-20-34)15-13-29(6,7)31(9)11-10-25-23(3)27-24(19-33-37-27)18-30(25,8)26(31)16-22(2)35/h16,19-21,23,25H,10-15,17-18H2,1-9H3/b26-16-/t21?,23-,25-,30-,31+,32-/m0/s1. The van der Waals surface area contributed by atoms with Gasteiger partial charge in [0.15, 0.2) is 5.78 Å². The average molecular weight is 512 g/mol. The van der Waals surface area contributed by atoms with Crippen LogP contribution in [0.4, 0.5) is 0 Å². The summed E-state index contributed by atoms with van der Waals surface area (Å²) in [4.78, 5) is 24.4. The molecule has 0 bridgehead atoms. The molecule has 0 saturated heterocycles. The lowest BCUT2D eigenvalue weighted by molar-refractivity contribution is -0.162. The van der Waals surface area contributed by atoms with Crippen LogP contribution in [0.1, 0.15) is 125 Å². The molecule has 37 heavy (non-hydrogen) atoms. The van der Waals surface area contributed by atoms with Gasteiger partial charge in [-0.15, -0.1) is 0 Å². The van der Waals surface area contributed by atoms with Crippen molar-refractivity contribution in [3.05, 3.63) is 29.2 Å². The molecular weight excluding hydrogens is 462 g/mol. The van der Waals surface area contributed by atoms with Gasteiger partial charge < -0.3 is 9.26 Å². The van der Waals surface area contributed by atoms with Crippen LogP contribution >= 0.6 is 0 Å². The van der Waals surface area contributed by atoms with E-state index in [1.165, 1.54) is 11.1 Å². The largest absolute Gasteiger partial charge is 0.461 e. The van der Waals surface area contributed by atoms with E-state index in [0.717, 1.165) is 57.1 Å². The van der Waals surface area contributed by atoms with Gasteiger partial charge in [0, 0.05) is 11.5 Å². The van der Waals surface area contributed by atoms with Crippen LogP contribution in [0.3, 0.4) is 0 Å². The van der Waals surface area contributed by atoms with Gasteiger partial charge in [-0.1, -0.05) is 66.1 Å². The minimum Gasteiger partial charge on any atom is -0.461 e. The van der Waals surface area contributed by atoms with Gasteiger partial charge in [0.2, 0.25) is 0 Å². The minimum atomic E-state index is -0.410. The predicted octanol–water partition coefficient (Wildman–Crippen LogP) is 7.84. The maximum atomic E-state index is 12.7. The molecule has 3 aliphatic carbocycles. The number of carbonyl (C=O) groups is 2. The Balaban J connectivity index is 1.68. The highest BCUT2D eigenvalue weighted by Gasteiger charge is 2.59. The summed E-state index contributed by atoms with van der Waals surface area (Å²) in [5.74, 6) is 2.14. The Morgan fingerprint density at radius 2 is 1.89 bits per heavy atom. The van der Waals surface area contributed by atoms with Gasteiger partial charge in [-0.05, 0) is 97.9 Å². The third kappa shape index (κ3) is 4.63. The van der Waals surface area contributed by atoms with E-state index >= 15 is 0 Å². The van der Waals surface area contributed by atoms with Crippen molar-refractivity contribution in [3.63, 3.8) is 0 Å². The molecule has 2 saturated carbocycles. The fraction of sp³-hybridized carbons (Fsp3) is 0.781. The molecule has 0 spiro atoms. The highest BCUT2D eigenvalue weighted by molar-refractivity contribution is 5.88. The number of nitrogens with zero attached hydrogens (tertiary/aromatic N) is 1. The van der Waals surface area contributed by atoms with E-state index in [9.17, 15) is 9.59 Å². The Morgan fingerprint density at radius 1 is 1.19 bits per heavy atom. The monoisotopic (exact) mass is 511 g/mol. The first-order valence-corrected chi connectivity index (χ1v) is 14.4. The number of ether oxygens (including phenoxy) is 1. The Hall–Kier alpha value is -1.91. The molecule has 4 rings (SSSR count). The lowest BCUT2D eigenvalue weighted by Crippen LogP contribution is -2.53. The van der Waals surface area contributed by atoms with Crippen LogP contribution in [0.5, 0.6) is 0 Å². The quantitative estimate of drug-likeness (QED) is 0.275. The van der Waals surface area contributed by atoms with Crippen LogP contribution in [0.2, 0.25) is 0 Å². The molecular formula is C32H49NO4. The number of carbonyl (C=O) groups excluding carboxylic acids is 2. The molecule has 0 radical (unpaired) electrons. The van der Waals surface area contributed by atoms with Crippen molar-refractivity contribution in [3.8, 4) is 0 Å². The topological polar surface area (TPSA) is 69.4 Å². The second kappa shape index (κ2) is 9.38. The molecule has 6 atom stereocenters. The van der Waals surface area contributed by atoms with Gasteiger partial charge in [0.1, 0.15) is 11.4 Å². The number of allylic oxidation sites excluding steroid dienone is 2. The van der Waals surface area contributed by atoms with Crippen LogP contribution < -0.4 is 0 Å². The van der Waals surface area contributed by atoms with Crippen LogP contribution in [0.15, 0.2) is 22.4 Å².